The smallest absolute Gasteiger partial charge is 0.415 e. The molecule has 176 valence electrons. The van der Waals surface area contributed by atoms with Crippen molar-refractivity contribution in [2.24, 2.45) is 0 Å². The lowest BCUT2D eigenvalue weighted by Gasteiger charge is -2.26. The molecular formula is C27H24F3NO3. The minimum atomic E-state index is -4.70. The average molecular weight is 467 g/mol. The number of halogens is 3. The second-order valence-electron chi connectivity index (χ2n) is 7.97. The van der Waals surface area contributed by atoms with Crippen molar-refractivity contribution >= 4 is 0 Å². The predicted molar refractivity (Wildman–Crippen MR) is 123 cm³/mol. The first-order valence-electron chi connectivity index (χ1n) is 10.8. The van der Waals surface area contributed by atoms with E-state index >= 15 is 0 Å². The van der Waals surface area contributed by atoms with Crippen molar-refractivity contribution in [1.29, 1.82) is 0 Å². The summed E-state index contributed by atoms with van der Waals surface area (Å²) in [6.07, 6.45) is -5.59. The second-order valence-corrected chi connectivity index (χ2v) is 7.97. The van der Waals surface area contributed by atoms with E-state index in [1.807, 2.05) is 66.7 Å². The van der Waals surface area contributed by atoms with Crippen LogP contribution in [0.1, 0.15) is 11.1 Å². The molecule has 0 saturated carbocycles. The molecule has 0 aliphatic carbocycles. The van der Waals surface area contributed by atoms with Crippen LogP contribution in [0, 0.1) is 0 Å². The van der Waals surface area contributed by atoms with E-state index in [1.165, 1.54) is 0 Å². The van der Waals surface area contributed by atoms with Gasteiger partial charge < -0.3 is 14.3 Å². The number of alkyl halides is 3. The highest BCUT2D eigenvalue weighted by atomic mass is 19.4. The summed E-state index contributed by atoms with van der Waals surface area (Å²) >= 11 is 0. The molecule has 0 fully saturated rings. The van der Waals surface area contributed by atoms with Crippen molar-refractivity contribution in [2.75, 3.05) is 6.54 Å². The first kappa shape index (κ1) is 23.6. The quantitative estimate of drug-likeness (QED) is 0.299. The van der Waals surface area contributed by atoms with Gasteiger partial charge >= 0.3 is 6.18 Å². The van der Waals surface area contributed by atoms with Gasteiger partial charge in [0, 0.05) is 25.2 Å². The molecule has 4 aromatic rings. The molecule has 7 heteroatoms. The molecule has 0 radical (unpaired) electrons. The molecule has 1 heterocycles. The summed E-state index contributed by atoms with van der Waals surface area (Å²) in [4.78, 5) is 1.57. The lowest BCUT2D eigenvalue weighted by atomic mass is 10.1. The summed E-state index contributed by atoms with van der Waals surface area (Å²) in [6, 6.07) is 27.5. The second kappa shape index (κ2) is 10.6. The van der Waals surface area contributed by atoms with E-state index in [0.29, 0.717) is 17.3 Å². The SMILES string of the molecule is OC(CN(Cc1cccc(Oc2ccccc2)c1)Cc1cccc(-c2ccco2)c1)C(F)(F)F. The standard InChI is InChI=1S/C27H24F3NO3/c28-27(29,30)26(32)19-31(17-20-7-4-9-22(15-20)25-13-6-14-33-25)18-21-8-5-12-24(16-21)34-23-10-2-1-3-11-23/h1-16,26,32H,17-19H2. The van der Waals surface area contributed by atoms with Crippen LogP contribution in [0.4, 0.5) is 13.2 Å². The van der Waals surface area contributed by atoms with Crippen molar-refractivity contribution in [2.45, 2.75) is 25.4 Å². The van der Waals surface area contributed by atoms with Gasteiger partial charge in [0.15, 0.2) is 6.10 Å². The zero-order valence-corrected chi connectivity index (χ0v) is 18.3. The number of aliphatic hydroxyl groups excluding tert-OH is 1. The minimum absolute atomic E-state index is 0.199. The lowest BCUT2D eigenvalue weighted by molar-refractivity contribution is -0.208. The van der Waals surface area contributed by atoms with Gasteiger partial charge in [0.05, 0.1) is 6.26 Å². The molecule has 1 N–H and O–H groups in total. The van der Waals surface area contributed by atoms with E-state index in [0.717, 1.165) is 16.7 Å². The van der Waals surface area contributed by atoms with Crippen molar-refractivity contribution in [3.63, 3.8) is 0 Å². The highest BCUT2D eigenvalue weighted by molar-refractivity contribution is 5.58. The Hall–Kier alpha value is -3.55. The first-order chi connectivity index (χ1) is 16.4. The summed E-state index contributed by atoms with van der Waals surface area (Å²) in [7, 11) is 0. The molecule has 4 rings (SSSR count). The van der Waals surface area contributed by atoms with Crippen LogP contribution in [0.5, 0.6) is 11.5 Å². The van der Waals surface area contributed by atoms with Crippen LogP contribution in [0.25, 0.3) is 11.3 Å². The zero-order chi connectivity index (χ0) is 24.0. The maximum absolute atomic E-state index is 13.1. The summed E-state index contributed by atoms with van der Waals surface area (Å²) in [6.45, 7) is -0.145. The number of rotatable bonds is 9. The highest BCUT2D eigenvalue weighted by Gasteiger charge is 2.39. The van der Waals surface area contributed by atoms with Gasteiger partial charge in [-0.15, -0.1) is 0 Å². The van der Waals surface area contributed by atoms with Gasteiger partial charge in [-0.3, -0.25) is 4.90 Å². The van der Waals surface area contributed by atoms with Crippen LogP contribution < -0.4 is 4.74 Å². The number of furan rings is 1. The maximum Gasteiger partial charge on any atom is 0.415 e. The third kappa shape index (κ3) is 6.50. The lowest BCUT2D eigenvalue weighted by Crippen LogP contribution is -2.40. The number of hydrogen-bond donors (Lipinski definition) is 1. The number of aliphatic hydroxyl groups is 1. The normalized spacial score (nSPS) is 12.6. The number of para-hydroxylation sites is 1. The van der Waals surface area contributed by atoms with Crippen molar-refractivity contribution in [3.05, 3.63) is 108 Å². The molecule has 0 amide bonds. The third-order valence-electron chi connectivity index (χ3n) is 5.23. The third-order valence-corrected chi connectivity index (χ3v) is 5.23. The maximum atomic E-state index is 13.1. The molecule has 1 unspecified atom stereocenters. The molecule has 4 nitrogen and oxygen atoms in total. The van der Waals surface area contributed by atoms with Crippen LogP contribution in [-0.2, 0) is 13.1 Å². The summed E-state index contributed by atoms with van der Waals surface area (Å²) < 4.78 is 50.7. The fraction of sp³-hybridized carbons (Fsp3) is 0.185. The van der Waals surface area contributed by atoms with Crippen LogP contribution >= 0.6 is 0 Å². The number of benzene rings is 3. The van der Waals surface area contributed by atoms with Gasteiger partial charge in [-0.05, 0) is 53.6 Å². The van der Waals surface area contributed by atoms with Crippen molar-refractivity contribution in [1.82, 2.24) is 4.90 Å². The molecule has 0 aliphatic rings. The van der Waals surface area contributed by atoms with Crippen molar-refractivity contribution in [3.8, 4) is 22.8 Å². The highest BCUT2D eigenvalue weighted by Crippen LogP contribution is 2.26. The van der Waals surface area contributed by atoms with Gasteiger partial charge in [0.2, 0.25) is 0 Å². The Labute approximate surface area is 195 Å². The minimum Gasteiger partial charge on any atom is -0.464 e. The molecule has 0 bridgehead atoms. The topological polar surface area (TPSA) is 45.8 Å². The largest absolute Gasteiger partial charge is 0.464 e. The fourth-order valence-corrected chi connectivity index (χ4v) is 3.65. The Morgan fingerprint density at radius 2 is 1.47 bits per heavy atom. The zero-order valence-electron chi connectivity index (χ0n) is 18.3. The molecular weight excluding hydrogens is 443 g/mol. The van der Waals surface area contributed by atoms with Crippen LogP contribution in [0.3, 0.4) is 0 Å². The van der Waals surface area contributed by atoms with E-state index in [9.17, 15) is 18.3 Å². The Bertz CT molecular complexity index is 1180. The molecule has 0 saturated heterocycles. The summed E-state index contributed by atoms with van der Waals surface area (Å²) in [5.74, 6) is 1.92. The number of ether oxygens (including phenoxy) is 1. The van der Waals surface area contributed by atoms with Gasteiger partial charge in [-0.1, -0.05) is 48.5 Å². The van der Waals surface area contributed by atoms with E-state index in [4.69, 9.17) is 9.15 Å². The monoisotopic (exact) mass is 467 g/mol. The molecule has 0 aliphatic heterocycles. The summed E-state index contributed by atoms with van der Waals surface area (Å²) in [5.41, 5.74) is 2.40. The van der Waals surface area contributed by atoms with Crippen LogP contribution in [0.2, 0.25) is 0 Å². The van der Waals surface area contributed by atoms with E-state index < -0.39 is 18.8 Å². The summed E-state index contributed by atoms with van der Waals surface area (Å²) in [5, 5.41) is 9.76. The molecule has 0 spiro atoms. The molecule has 34 heavy (non-hydrogen) atoms. The van der Waals surface area contributed by atoms with Gasteiger partial charge in [0.25, 0.3) is 0 Å². The Kier molecular flexibility index (Phi) is 7.35. The van der Waals surface area contributed by atoms with Gasteiger partial charge in [0.1, 0.15) is 17.3 Å². The number of hydrogen-bond acceptors (Lipinski definition) is 4. The predicted octanol–water partition coefficient (Wildman–Crippen LogP) is 6.66. The Morgan fingerprint density at radius 3 is 2.15 bits per heavy atom. The van der Waals surface area contributed by atoms with Crippen LogP contribution in [0.15, 0.2) is 102 Å². The average Bonchev–Trinajstić information content (AvgIpc) is 3.35. The Morgan fingerprint density at radius 1 is 0.794 bits per heavy atom. The number of nitrogens with zero attached hydrogens (tertiary/aromatic N) is 1. The fourth-order valence-electron chi connectivity index (χ4n) is 3.65. The Balaban J connectivity index is 1.53. The van der Waals surface area contributed by atoms with Crippen LogP contribution in [-0.4, -0.2) is 28.8 Å². The van der Waals surface area contributed by atoms with Crippen molar-refractivity contribution < 1.29 is 27.4 Å². The molecule has 3 aromatic carbocycles. The molecule has 1 atom stereocenters. The molecule has 1 aromatic heterocycles. The van der Waals surface area contributed by atoms with E-state index in [-0.39, 0.29) is 13.1 Å². The van der Waals surface area contributed by atoms with E-state index in [1.54, 1.807) is 35.4 Å². The van der Waals surface area contributed by atoms with Gasteiger partial charge in [-0.25, -0.2) is 0 Å². The first-order valence-corrected chi connectivity index (χ1v) is 10.8. The van der Waals surface area contributed by atoms with Gasteiger partial charge in [-0.2, -0.15) is 13.2 Å². The van der Waals surface area contributed by atoms with E-state index in [2.05, 4.69) is 0 Å².